The van der Waals surface area contributed by atoms with E-state index in [9.17, 15) is 28.8 Å². The first-order valence-electron chi connectivity index (χ1n) is 7.75. The molecule has 0 aliphatic rings. The predicted octanol–water partition coefficient (Wildman–Crippen LogP) is -3.03. The van der Waals surface area contributed by atoms with E-state index in [0.29, 0.717) is 0 Å². The number of nitrogens with one attached hydrogen (secondary N) is 2. The van der Waals surface area contributed by atoms with Gasteiger partial charge in [-0.05, 0) is 12.8 Å². The molecule has 27 heavy (non-hydrogen) atoms. The summed E-state index contributed by atoms with van der Waals surface area (Å²) in [5.41, 5.74) is 10.4. The van der Waals surface area contributed by atoms with Crippen LogP contribution in [0.5, 0.6) is 0 Å². The Kier molecular flexibility index (Phi) is 10.0. The van der Waals surface area contributed by atoms with Crippen molar-refractivity contribution in [3.05, 3.63) is 0 Å². The quantitative estimate of drug-likeness (QED) is 0.168. The summed E-state index contributed by atoms with van der Waals surface area (Å²) in [5, 5.41) is 30.5. The molecular formula is C14H22N4O9. The van der Waals surface area contributed by atoms with Crippen molar-refractivity contribution in [2.45, 2.75) is 50.2 Å². The fourth-order valence-electron chi connectivity index (χ4n) is 1.89. The Balaban J connectivity index is 5.03. The molecule has 0 bridgehead atoms. The van der Waals surface area contributed by atoms with Crippen molar-refractivity contribution in [3.8, 4) is 0 Å². The first kappa shape index (κ1) is 23.8. The number of carbonyl (C=O) groups excluding carboxylic acids is 3. The van der Waals surface area contributed by atoms with Crippen molar-refractivity contribution >= 4 is 35.6 Å². The van der Waals surface area contributed by atoms with Crippen LogP contribution in [0, 0.1) is 0 Å². The van der Waals surface area contributed by atoms with Crippen molar-refractivity contribution in [2.24, 2.45) is 11.5 Å². The van der Waals surface area contributed by atoms with Crippen LogP contribution in [-0.4, -0.2) is 69.1 Å². The lowest BCUT2D eigenvalue weighted by atomic mass is 10.1. The van der Waals surface area contributed by atoms with Gasteiger partial charge in [0.25, 0.3) is 0 Å². The number of carboxylic acid groups (broad SMARTS) is 3. The highest BCUT2D eigenvalue weighted by molar-refractivity contribution is 5.94. The molecule has 0 aliphatic heterocycles. The molecule has 3 amide bonds. The summed E-state index contributed by atoms with van der Waals surface area (Å²) in [6.45, 7) is 0. The van der Waals surface area contributed by atoms with Gasteiger partial charge in [0.15, 0.2) is 0 Å². The third kappa shape index (κ3) is 10.4. The lowest BCUT2D eigenvalue weighted by Gasteiger charge is -2.21. The number of carbonyl (C=O) groups is 6. The zero-order chi connectivity index (χ0) is 21.1. The highest BCUT2D eigenvalue weighted by Crippen LogP contribution is 2.02. The summed E-state index contributed by atoms with van der Waals surface area (Å²) in [6, 6.07) is -4.49. The molecular weight excluding hydrogens is 368 g/mol. The minimum Gasteiger partial charge on any atom is -0.481 e. The zero-order valence-corrected chi connectivity index (χ0v) is 14.2. The molecule has 0 radical (unpaired) electrons. The fraction of sp³-hybridized carbons (Fsp3) is 0.571. The normalized spacial score (nSPS) is 13.7. The highest BCUT2D eigenvalue weighted by atomic mass is 16.4. The van der Waals surface area contributed by atoms with E-state index in [1.165, 1.54) is 0 Å². The standard InChI is InChI=1S/C14H22N4O9/c15-6(1-3-9(16)19)12(24)18-8(5-11(22)23)13(25)17-7(14(26)27)2-4-10(20)21/h6-8H,1-5,15H2,(H2,16,19)(H,17,25)(H,18,24)(H,20,21)(H,22,23)(H,26,27). The number of carboxylic acids is 3. The smallest absolute Gasteiger partial charge is 0.326 e. The minimum absolute atomic E-state index is 0.140. The maximum Gasteiger partial charge on any atom is 0.326 e. The van der Waals surface area contributed by atoms with Gasteiger partial charge >= 0.3 is 17.9 Å². The van der Waals surface area contributed by atoms with Gasteiger partial charge in [-0.25, -0.2) is 4.79 Å². The fourth-order valence-corrected chi connectivity index (χ4v) is 1.89. The zero-order valence-electron chi connectivity index (χ0n) is 14.2. The summed E-state index contributed by atoms with van der Waals surface area (Å²) in [7, 11) is 0. The van der Waals surface area contributed by atoms with Crippen molar-refractivity contribution < 1.29 is 44.1 Å². The van der Waals surface area contributed by atoms with Crippen LogP contribution in [0.1, 0.15) is 32.1 Å². The van der Waals surface area contributed by atoms with Crippen LogP contribution in [0.2, 0.25) is 0 Å². The van der Waals surface area contributed by atoms with Crippen LogP contribution in [-0.2, 0) is 28.8 Å². The highest BCUT2D eigenvalue weighted by Gasteiger charge is 2.29. The number of hydrogen-bond donors (Lipinski definition) is 7. The van der Waals surface area contributed by atoms with E-state index in [-0.39, 0.29) is 12.8 Å². The van der Waals surface area contributed by atoms with Crippen molar-refractivity contribution in [3.63, 3.8) is 0 Å². The summed E-state index contributed by atoms with van der Waals surface area (Å²) >= 11 is 0. The van der Waals surface area contributed by atoms with Crippen molar-refractivity contribution in [2.75, 3.05) is 0 Å². The third-order valence-corrected chi connectivity index (χ3v) is 3.31. The van der Waals surface area contributed by atoms with Crippen LogP contribution in [0.3, 0.4) is 0 Å². The molecule has 3 atom stereocenters. The molecule has 0 heterocycles. The molecule has 0 saturated carbocycles. The lowest BCUT2D eigenvalue weighted by molar-refractivity contribution is -0.144. The third-order valence-electron chi connectivity index (χ3n) is 3.31. The molecule has 0 rings (SSSR count). The van der Waals surface area contributed by atoms with Crippen LogP contribution in [0.15, 0.2) is 0 Å². The maximum absolute atomic E-state index is 12.1. The number of nitrogens with two attached hydrogens (primary N) is 2. The Morgan fingerprint density at radius 1 is 0.778 bits per heavy atom. The van der Waals surface area contributed by atoms with E-state index >= 15 is 0 Å². The van der Waals surface area contributed by atoms with Gasteiger partial charge in [0.05, 0.1) is 12.5 Å². The van der Waals surface area contributed by atoms with Crippen LogP contribution >= 0.6 is 0 Å². The number of primary amides is 1. The molecule has 0 aromatic carbocycles. The summed E-state index contributed by atoms with van der Waals surface area (Å²) < 4.78 is 0. The molecule has 13 nitrogen and oxygen atoms in total. The van der Waals surface area contributed by atoms with Gasteiger partial charge in [-0.3, -0.25) is 24.0 Å². The van der Waals surface area contributed by atoms with E-state index < -0.39 is 73.0 Å². The van der Waals surface area contributed by atoms with E-state index in [4.69, 9.17) is 26.8 Å². The number of hydrogen-bond acceptors (Lipinski definition) is 7. The molecule has 3 unspecified atom stereocenters. The maximum atomic E-state index is 12.1. The van der Waals surface area contributed by atoms with Gasteiger partial charge in [-0.15, -0.1) is 0 Å². The van der Waals surface area contributed by atoms with Gasteiger partial charge < -0.3 is 37.4 Å². The second kappa shape index (κ2) is 11.4. The minimum atomic E-state index is -1.65. The molecule has 0 fully saturated rings. The summed E-state index contributed by atoms with van der Waals surface area (Å²) in [5.74, 6) is -7.05. The number of rotatable bonds is 13. The molecule has 9 N–H and O–H groups in total. The lowest BCUT2D eigenvalue weighted by Crippen LogP contribution is -2.55. The van der Waals surface area contributed by atoms with E-state index in [1.54, 1.807) is 0 Å². The monoisotopic (exact) mass is 390 g/mol. The van der Waals surface area contributed by atoms with Gasteiger partial charge in [-0.2, -0.15) is 0 Å². The molecule has 152 valence electrons. The largest absolute Gasteiger partial charge is 0.481 e. The van der Waals surface area contributed by atoms with E-state index in [2.05, 4.69) is 5.32 Å². The molecule has 0 aliphatic carbocycles. The molecule has 0 aromatic heterocycles. The second-order valence-corrected chi connectivity index (χ2v) is 5.60. The second-order valence-electron chi connectivity index (χ2n) is 5.60. The topological polar surface area (TPSA) is 239 Å². The van der Waals surface area contributed by atoms with Crippen molar-refractivity contribution in [1.82, 2.24) is 10.6 Å². The number of amides is 3. The van der Waals surface area contributed by atoms with Crippen LogP contribution in [0.25, 0.3) is 0 Å². The average molecular weight is 390 g/mol. The van der Waals surface area contributed by atoms with Gasteiger partial charge in [0.2, 0.25) is 17.7 Å². The van der Waals surface area contributed by atoms with Gasteiger partial charge in [0, 0.05) is 12.8 Å². The summed E-state index contributed by atoms with van der Waals surface area (Å²) in [6.07, 6.45) is -2.21. The predicted molar refractivity (Wildman–Crippen MR) is 87.0 cm³/mol. The molecule has 0 spiro atoms. The first-order valence-corrected chi connectivity index (χ1v) is 7.75. The van der Waals surface area contributed by atoms with E-state index in [0.717, 1.165) is 0 Å². The molecule has 13 heteroatoms. The Hall–Kier alpha value is -3.22. The van der Waals surface area contributed by atoms with Crippen LogP contribution in [0.4, 0.5) is 0 Å². The average Bonchev–Trinajstić information content (AvgIpc) is 2.54. The Labute approximate surface area is 153 Å². The molecule has 0 saturated heterocycles. The SMILES string of the molecule is NC(=O)CCC(N)C(=O)NC(CC(=O)O)C(=O)NC(CCC(=O)O)C(=O)O. The first-order chi connectivity index (χ1) is 12.4. The Morgan fingerprint density at radius 3 is 1.78 bits per heavy atom. The van der Waals surface area contributed by atoms with Gasteiger partial charge in [-0.1, -0.05) is 0 Å². The van der Waals surface area contributed by atoms with E-state index in [1.807, 2.05) is 5.32 Å². The Bertz CT molecular complexity index is 607. The van der Waals surface area contributed by atoms with Crippen molar-refractivity contribution in [1.29, 1.82) is 0 Å². The number of aliphatic carboxylic acids is 3. The van der Waals surface area contributed by atoms with Gasteiger partial charge in [0.1, 0.15) is 12.1 Å². The summed E-state index contributed by atoms with van der Waals surface area (Å²) in [4.78, 5) is 67.3. The van der Waals surface area contributed by atoms with Crippen LogP contribution < -0.4 is 22.1 Å². The molecule has 0 aromatic rings. The Morgan fingerprint density at radius 2 is 1.33 bits per heavy atom.